The fourth-order valence-electron chi connectivity index (χ4n) is 1.98. The number of thiocarbonyl (C=S) groups is 1. The minimum Gasteiger partial charge on any atom is -0.340 e. The van der Waals surface area contributed by atoms with Crippen LogP contribution in [0.3, 0.4) is 0 Å². The zero-order valence-corrected chi connectivity index (χ0v) is 10.5. The summed E-state index contributed by atoms with van der Waals surface area (Å²) in [5, 5.41) is 5.85. The molecule has 18 heavy (non-hydrogen) atoms. The molecule has 0 spiro atoms. The van der Waals surface area contributed by atoms with Crippen molar-refractivity contribution in [3.05, 3.63) is 66.2 Å². The minimum atomic E-state index is 0.0268. The Labute approximate surface area is 111 Å². The van der Waals surface area contributed by atoms with Gasteiger partial charge >= 0.3 is 0 Å². The second kappa shape index (κ2) is 4.76. The first-order valence-electron chi connectivity index (χ1n) is 5.81. The highest BCUT2D eigenvalue weighted by atomic mass is 32.1. The molecule has 0 aliphatic carbocycles. The largest absolute Gasteiger partial charge is 0.340 e. The van der Waals surface area contributed by atoms with Crippen molar-refractivity contribution in [2.45, 2.75) is 6.17 Å². The van der Waals surface area contributed by atoms with Gasteiger partial charge in [0.15, 0.2) is 5.11 Å². The maximum atomic E-state index is 5.35. The lowest BCUT2D eigenvalue weighted by Gasteiger charge is -2.17. The van der Waals surface area contributed by atoms with Crippen molar-refractivity contribution in [3.8, 4) is 0 Å². The summed E-state index contributed by atoms with van der Waals surface area (Å²) in [4.78, 5) is 0. The Morgan fingerprint density at radius 3 is 2.17 bits per heavy atom. The van der Waals surface area contributed by atoms with Crippen LogP contribution in [0.5, 0.6) is 0 Å². The molecule has 2 N–H and O–H groups in total. The van der Waals surface area contributed by atoms with E-state index in [9.17, 15) is 0 Å². The van der Waals surface area contributed by atoms with E-state index in [2.05, 4.69) is 22.9 Å². The molecule has 1 aliphatic heterocycles. The molecule has 1 unspecified atom stereocenters. The van der Waals surface area contributed by atoms with Crippen molar-refractivity contribution in [2.75, 3.05) is 5.01 Å². The van der Waals surface area contributed by atoms with Crippen LogP contribution in [0.25, 0.3) is 0 Å². The molecule has 1 aliphatic rings. The van der Waals surface area contributed by atoms with Gasteiger partial charge in [0.25, 0.3) is 0 Å². The molecule has 3 rings (SSSR count). The van der Waals surface area contributed by atoms with Gasteiger partial charge in [-0.15, -0.1) is 0 Å². The van der Waals surface area contributed by atoms with Crippen molar-refractivity contribution in [1.29, 1.82) is 0 Å². The van der Waals surface area contributed by atoms with E-state index in [0.717, 1.165) is 5.69 Å². The van der Waals surface area contributed by atoms with Gasteiger partial charge in [0, 0.05) is 0 Å². The normalized spacial score (nSPS) is 18.8. The fourth-order valence-corrected chi connectivity index (χ4v) is 2.26. The van der Waals surface area contributed by atoms with Crippen LogP contribution in [0.1, 0.15) is 11.7 Å². The summed E-state index contributed by atoms with van der Waals surface area (Å²) in [5.41, 5.74) is 5.55. The van der Waals surface area contributed by atoms with Gasteiger partial charge in [-0.1, -0.05) is 48.5 Å². The number of rotatable bonds is 2. The zero-order valence-electron chi connectivity index (χ0n) is 9.71. The van der Waals surface area contributed by atoms with Gasteiger partial charge in [0.1, 0.15) is 6.17 Å². The first-order valence-corrected chi connectivity index (χ1v) is 6.22. The van der Waals surface area contributed by atoms with Crippen LogP contribution < -0.4 is 15.8 Å². The number of anilines is 1. The maximum Gasteiger partial charge on any atom is 0.189 e. The summed E-state index contributed by atoms with van der Waals surface area (Å²) in [5.74, 6) is 0. The van der Waals surface area contributed by atoms with Gasteiger partial charge in [-0.2, -0.15) is 0 Å². The van der Waals surface area contributed by atoms with Gasteiger partial charge in [0.05, 0.1) is 5.69 Å². The lowest BCUT2D eigenvalue weighted by Crippen LogP contribution is -2.34. The first-order chi connectivity index (χ1) is 8.84. The number of para-hydroxylation sites is 1. The first kappa shape index (κ1) is 11.2. The second-order valence-corrected chi connectivity index (χ2v) is 4.48. The highest BCUT2D eigenvalue weighted by Crippen LogP contribution is 2.20. The molecular weight excluding hydrogens is 242 g/mol. The molecule has 0 amide bonds. The Morgan fingerprint density at radius 2 is 1.50 bits per heavy atom. The molecule has 2 aromatic rings. The molecule has 90 valence electrons. The number of hydrogen-bond acceptors (Lipinski definition) is 2. The van der Waals surface area contributed by atoms with Gasteiger partial charge in [-0.3, -0.25) is 0 Å². The molecule has 0 bridgehead atoms. The van der Waals surface area contributed by atoms with Gasteiger partial charge < -0.3 is 5.32 Å². The zero-order chi connectivity index (χ0) is 12.4. The number of nitrogens with one attached hydrogen (secondary N) is 2. The van der Waals surface area contributed by atoms with Gasteiger partial charge in [-0.05, 0) is 29.9 Å². The van der Waals surface area contributed by atoms with Crippen molar-refractivity contribution < 1.29 is 0 Å². The topological polar surface area (TPSA) is 27.3 Å². The highest BCUT2D eigenvalue weighted by Gasteiger charge is 2.26. The summed E-state index contributed by atoms with van der Waals surface area (Å²) in [7, 11) is 0. The molecular formula is C14H13N3S. The van der Waals surface area contributed by atoms with Crippen molar-refractivity contribution in [3.63, 3.8) is 0 Å². The molecule has 2 aromatic carbocycles. The standard InChI is InChI=1S/C14H13N3S/c18-14-15-13(11-7-3-1-4-8-11)16-17(14)12-9-5-2-6-10-12/h1-10,13,16H,(H,15,18). The molecule has 4 heteroatoms. The van der Waals surface area contributed by atoms with Crippen LogP contribution in [0.2, 0.25) is 0 Å². The molecule has 1 saturated heterocycles. The third-order valence-electron chi connectivity index (χ3n) is 2.88. The van der Waals surface area contributed by atoms with E-state index in [4.69, 9.17) is 12.2 Å². The Hall–Kier alpha value is -1.91. The van der Waals surface area contributed by atoms with Crippen LogP contribution in [0, 0.1) is 0 Å². The van der Waals surface area contributed by atoms with Crippen LogP contribution >= 0.6 is 12.2 Å². The smallest absolute Gasteiger partial charge is 0.189 e. The van der Waals surface area contributed by atoms with Gasteiger partial charge in [0.2, 0.25) is 0 Å². The lowest BCUT2D eigenvalue weighted by atomic mass is 10.2. The minimum absolute atomic E-state index is 0.0268. The van der Waals surface area contributed by atoms with Crippen LogP contribution in [-0.2, 0) is 0 Å². The lowest BCUT2D eigenvalue weighted by molar-refractivity contribution is 0.586. The van der Waals surface area contributed by atoms with Crippen molar-refractivity contribution in [1.82, 2.24) is 10.7 Å². The number of benzene rings is 2. The Balaban J connectivity index is 1.83. The summed E-state index contributed by atoms with van der Waals surface area (Å²) >= 11 is 5.35. The van der Waals surface area contributed by atoms with E-state index >= 15 is 0 Å². The van der Waals surface area contributed by atoms with E-state index in [1.54, 1.807) is 0 Å². The van der Waals surface area contributed by atoms with E-state index in [0.29, 0.717) is 5.11 Å². The average Bonchev–Trinajstić information content (AvgIpc) is 2.83. The molecule has 0 saturated carbocycles. The highest BCUT2D eigenvalue weighted by molar-refractivity contribution is 7.80. The molecule has 1 fully saturated rings. The predicted octanol–water partition coefficient (Wildman–Crippen LogP) is 2.58. The van der Waals surface area contributed by atoms with E-state index < -0.39 is 0 Å². The fraction of sp³-hybridized carbons (Fsp3) is 0.0714. The molecule has 1 heterocycles. The molecule has 0 aromatic heterocycles. The number of hydrogen-bond donors (Lipinski definition) is 2. The quantitative estimate of drug-likeness (QED) is 0.807. The van der Waals surface area contributed by atoms with E-state index in [1.165, 1.54) is 5.56 Å². The third kappa shape index (κ3) is 2.08. The summed E-state index contributed by atoms with van der Waals surface area (Å²) in [6.45, 7) is 0. The summed E-state index contributed by atoms with van der Waals surface area (Å²) < 4.78 is 0. The average molecular weight is 255 g/mol. The second-order valence-electron chi connectivity index (χ2n) is 4.09. The van der Waals surface area contributed by atoms with E-state index in [1.807, 2.05) is 53.5 Å². The Bertz CT molecular complexity index is 541. The molecule has 1 atom stereocenters. The summed E-state index contributed by atoms with van der Waals surface area (Å²) in [6.07, 6.45) is 0.0268. The number of nitrogens with zero attached hydrogens (tertiary/aromatic N) is 1. The van der Waals surface area contributed by atoms with Crippen molar-refractivity contribution in [2.24, 2.45) is 0 Å². The third-order valence-corrected chi connectivity index (χ3v) is 3.18. The van der Waals surface area contributed by atoms with Crippen LogP contribution in [0.15, 0.2) is 60.7 Å². The Morgan fingerprint density at radius 1 is 0.889 bits per heavy atom. The number of hydrazine groups is 1. The van der Waals surface area contributed by atoms with Gasteiger partial charge in [-0.25, -0.2) is 10.4 Å². The monoisotopic (exact) mass is 255 g/mol. The molecule has 0 radical (unpaired) electrons. The summed E-state index contributed by atoms with van der Waals surface area (Å²) in [6, 6.07) is 20.2. The van der Waals surface area contributed by atoms with Crippen LogP contribution in [-0.4, -0.2) is 5.11 Å². The van der Waals surface area contributed by atoms with Crippen LogP contribution in [0.4, 0.5) is 5.69 Å². The van der Waals surface area contributed by atoms with Crippen molar-refractivity contribution >= 4 is 23.0 Å². The van der Waals surface area contributed by atoms with E-state index in [-0.39, 0.29) is 6.17 Å². The Kier molecular flexibility index (Phi) is 2.96. The predicted molar refractivity (Wildman–Crippen MR) is 77.0 cm³/mol. The SMILES string of the molecule is S=C1NC(c2ccccc2)NN1c1ccccc1. The maximum absolute atomic E-state index is 5.35. The molecule has 3 nitrogen and oxygen atoms in total.